The Hall–Kier alpha value is -1.40. The fourth-order valence-corrected chi connectivity index (χ4v) is 3.79. The van der Waals surface area contributed by atoms with Gasteiger partial charge >= 0.3 is 0 Å². The van der Waals surface area contributed by atoms with Crippen molar-refractivity contribution in [3.05, 3.63) is 35.9 Å². The van der Waals surface area contributed by atoms with Gasteiger partial charge < -0.3 is 5.32 Å². The lowest BCUT2D eigenvalue weighted by atomic mass is 10.0. The number of nitrogens with one attached hydrogen (secondary N) is 1. The molecule has 0 bridgehead atoms. The highest BCUT2D eigenvalue weighted by Crippen LogP contribution is 2.21. The van der Waals surface area contributed by atoms with E-state index in [1.165, 1.54) is 4.31 Å². The van der Waals surface area contributed by atoms with Crippen LogP contribution in [0.5, 0.6) is 0 Å². The third-order valence-corrected chi connectivity index (χ3v) is 5.17. The van der Waals surface area contributed by atoms with Crippen molar-refractivity contribution in [2.24, 2.45) is 0 Å². The maximum Gasteiger partial charge on any atom is 0.238 e. The average Bonchev–Trinajstić information content (AvgIpc) is 2.95. The van der Waals surface area contributed by atoms with Crippen LogP contribution in [0.3, 0.4) is 0 Å². The van der Waals surface area contributed by atoms with E-state index in [4.69, 9.17) is 0 Å². The van der Waals surface area contributed by atoms with E-state index in [9.17, 15) is 13.2 Å². The molecule has 0 aliphatic carbocycles. The molecule has 1 saturated heterocycles. The van der Waals surface area contributed by atoms with Gasteiger partial charge in [-0.3, -0.25) is 4.79 Å². The van der Waals surface area contributed by atoms with Crippen LogP contribution in [-0.2, 0) is 14.8 Å². The molecule has 1 aromatic rings. The predicted octanol–water partition coefficient (Wildman–Crippen LogP) is 1.33. The van der Waals surface area contributed by atoms with Crippen molar-refractivity contribution in [1.29, 1.82) is 0 Å². The standard InChI is InChI=1S/C15H22N2O3S/c1-12(13-7-4-3-5-8-13)11-16-15(18)14-9-6-10-17(14)21(2,19)20/h3-5,7-8,12,14H,6,9-11H2,1-2H3,(H,16,18). The second kappa shape index (κ2) is 6.58. The van der Waals surface area contributed by atoms with Gasteiger partial charge in [-0.1, -0.05) is 37.3 Å². The van der Waals surface area contributed by atoms with E-state index < -0.39 is 16.1 Å². The first kappa shape index (κ1) is 16.0. The van der Waals surface area contributed by atoms with Crippen LogP contribution in [0.4, 0.5) is 0 Å². The zero-order chi connectivity index (χ0) is 15.5. The average molecular weight is 310 g/mol. The highest BCUT2D eigenvalue weighted by atomic mass is 32.2. The molecular formula is C15H22N2O3S. The van der Waals surface area contributed by atoms with Crippen molar-refractivity contribution < 1.29 is 13.2 Å². The number of hydrogen-bond donors (Lipinski definition) is 1. The fraction of sp³-hybridized carbons (Fsp3) is 0.533. The number of sulfonamides is 1. The zero-order valence-electron chi connectivity index (χ0n) is 12.5. The van der Waals surface area contributed by atoms with Crippen molar-refractivity contribution >= 4 is 15.9 Å². The van der Waals surface area contributed by atoms with Crippen LogP contribution < -0.4 is 5.32 Å². The van der Waals surface area contributed by atoms with Crippen molar-refractivity contribution in [2.75, 3.05) is 19.3 Å². The van der Waals surface area contributed by atoms with Crippen molar-refractivity contribution in [3.63, 3.8) is 0 Å². The van der Waals surface area contributed by atoms with E-state index in [-0.39, 0.29) is 11.8 Å². The van der Waals surface area contributed by atoms with E-state index in [0.29, 0.717) is 19.5 Å². The molecule has 0 radical (unpaired) electrons. The Kier molecular flexibility index (Phi) is 5.00. The molecule has 0 saturated carbocycles. The van der Waals surface area contributed by atoms with Gasteiger partial charge in [0.15, 0.2) is 0 Å². The molecule has 1 amide bonds. The summed E-state index contributed by atoms with van der Waals surface area (Å²) >= 11 is 0. The lowest BCUT2D eigenvalue weighted by Crippen LogP contribution is -2.46. The van der Waals surface area contributed by atoms with Crippen molar-refractivity contribution in [3.8, 4) is 0 Å². The zero-order valence-corrected chi connectivity index (χ0v) is 13.3. The minimum absolute atomic E-state index is 0.194. The summed E-state index contributed by atoms with van der Waals surface area (Å²) in [6.45, 7) is 2.99. The molecule has 2 rings (SSSR count). The summed E-state index contributed by atoms with van der Waals surface area (Å²) in [6, 6.07) is 9.39. The smallest absolute Gasteiger partial charge is 0.238 e. The van der Waals surface area contributed by atoms with E-state index in [1.54, 1.807) is 0 Å². The second-order valence-electron chi connectivity index (χ2n) is 5.59. The van der Waals surface area contributed by atoms with E-state index in [1.807, 2.05) is 37.3 Å². The minimum atomic E-state index is -3.31. The van der Waals surface area contributed by atoms with Crippen LogP contribution in [0.2, 0.25) is 0 Å². The number of hydrogen-bond acceptors (Lipinski definition) is 3. The molecule has 1 N–H and O–H groups in total. The topological polar surface area (TPSA) is 66.5 Å². The molecule has 2 atom stereocenters. The molecule has 1 fully saturated rings. The molecule has 5 nitrogen and oxygen atoms in total. The van der Waals surface area contributed by atoms with Gasteiger partial charge in [-0.25, -0.2) is 8.42 Å². The Morgan fingerprint density at radius 1 is 1.38 bits per heavy atom. The summed E-state index contributed by atoms with van der Waals surface area (Å²) in [6.07, 6.45) is 2.49. The number of carbonyl (C=O) groups is 1. The summed E-state index contributed by atoms with van der Waals surface area (Å²) in [5.74, 6) is 0.00365. The number of amides is 1. The molecule has 1 aromatic carbocycles. The molecule has 21 heavy (non-hydrogen) atoms. The van der Waals surface area contributed by atoms with Crippen LogP contribution in [0.25, 0.3) is 0 Å². The molecule has 0 aromatic heterocycles. The Bertz CT molecular complexity index is 586. The minimum Gasteiger partial charge on any atom is -0.354 e. The Labute approximate surface area is 126 Å². The van der Waals surface area contributed by atoms with Gasteiger partial charge in [0.1, 0.15) is 6.04 Å². The third-order valence-electron chi connectivity index (χ3n) is 3.88. The van der Waals surface area contributed by atoms with Gasteiger partial charge in [-0.05, 0) is 24.3 Å². The first-order chi connectivity index (χ1) is 9.89. The first-order valence-electron chi connectivity index (χ1n) is 7.19. The van der Waals surface area contributed by atoms with E-state index in [0.717, 1.165) is 18.2 Å². The second-order valence-corrected chi connectivity index (χ2v) is 7.52. The molecule has 2 unspecified atom stereocenters. The monoisotopic (exact) mass is 310 g/mol. The maximum atomic E-state index is 12.2. The van der Waals surface area contributed by atoms with Crippen molar-refractivity contribution in [1.82, 2.24) is 9.62 Å². The fourth-order valence-electron chi connectivity index (χ4n) is 2.67. The number of benzene rings is 1. The Morgan fingerprint density at radius 2 is 2.05 bits per heavy atom. The van der Waals surface area contributed by atoms with Crippen LogP contribution in [0.15, 0.2) is 30.3 Å². The van der Waals surface area contributed by atoms with Gasteiger partial charge in [0.05, 0.1) is 6.26 Å². The normalized spacial score (nSPS) is 21.1. The van der Waals surface area contributed by atoms with Gasteiger partial charge in [-0.2, -0.15) is 4.31 Å². The summed E-state index contributed by atoms with van der Waals surface area (Å²) in [5, 5.41) is 2.88. The summed E-state index contributed by atoms with van der Waals surface area (Å²) in [5.41, 5.74) is 1.16. The van der Waals surface area contributed by atoms with Crippen LogP contribution in [0, 0.1) is 0 Å². The molecule has 0 spiro atoms. The predicted molar refractivity (Wildman–Crippen MR) is 82.4 cm³/mol. The van der Waals surface area contributed by atoms with Gasteiger partial charge in [0, 0.05) is 13.1 Å². The highest BCUT2D eigenvalue weighted by Gasteiger charge is 2.36. The number of nitrogens with zero attached hydrogens (tertiary/aromatic N) is 1. The lowest BCUT2D eigenvalue weighted by molar-refractivity contribution is -0.124. The molecule has 1 heterocycles. The molecular weight excluding hydrogens is 288 g/mol. The SMILES string of the molecule is CC(CNC(=O)C1CCCN1S(C)(=O)=O)c1ccccc1. The molecule has 116 valence electrons. The highest BCUT2D eigenvalue weighted by molar-refractivity contribution is 7.88. The van der Waals surface area contributed by atoms with Crippen molar-refractivity contribution in [2.45, 2.75) is 31.7 Å². The van der Waals surface area contributed by atoms with Gasteiger partial charge in [0.2, 0.25) is 15.9 Å². The van der Waals surface area contributed by atoms with Crippen LogP contribution in [0.1, 0.15) is 31.2 Å². The number of rotatable bonds is 5. The first-order valence-corrected chi connectivity index (χ1v) is 9.04. The summed E-state index contributed by atoms with van der Waals surface area (Å²) in [7, 11) is -3.31. The largest absolute Gasteiger partial charge is 0.354 e. The molecule has 1 aliphatic rings. The van der Waals surface area contributed by atoms with Gasteiger partial charge in [0.25, 0.3) is 0 Å². The Balaban J connectivity index is 1.93. The van der Waals surface area contributed by atoms with Gasteiger partial charge in [-0.15, -0.1) is 0 Å². The number of carbonyl (C=O) groups excluding carboxylic acids is 1. The maximum absolute atomic E-state index is 12.2. The quantitative estimate of drug-likeness (QED) is 0.892. The van der Waals surface area contributed by atoms with Crippen LogP contribution in [-0.4, -0.2) is 44.0 Å². The molecule has 1 aliphatic heterocycles. The third kappa shape index (κ3) is 4.04. The summed E-state index contributed by atoms with van der Waals surface area (Å²) < 4.78 is 24.6. The van der Waals surface area contributed by atoms with Crippen LogP contribution >= 0.6 is 0 Å². The Morgan fingerprint density at radius 3 is 2.67 bits per heavy atom. The lowest BCUT2D eigenvalue weighted by Gasteiger charge is -2.22. The van der Waals surface area contributed by atoms with E-state index >= 15 is 0 Å². The summed E-state index contributed by atoms with van der Waals surface area (Å²) in [4.78, 5) is 12.2. The molecule has 6 heteroatoms. The van der Waals surface area contributed by atoms with E-state index in [2.05, 4.69) is 5.32 Å².